The van der Waals surface area contributed by atoms with E-state index in [1.165, 1.54) is 4.31 Å². The van der Waals surface area contributed by atoms with Crippen molar-refractivity contribution < 1.29 is 8.42 Å². The van der Waals surface area contributed by atoms with Crippen LogP contribution in [0.25, 0.3) is 11.1 Å². The Balaban J connectivity index is 1.51. The molecule has 4 N–H and O–H groups in total. The highest BCUT2D eigenvalue weighted by atomic mass is 32.2. The fourth-order valence-electron chi connectivity index (χ4n) is 3.63. The van der Waals surface area contributed by atoms with E-state index in [1.807, 2.05) is 43.0 Å². The van der Waals surface area contributed by atoms with Gasteiger partial charge in [0, 0.05) is 26.2 Å². The van der Waals surface area contributed by atoms with Crippen molar-refractivity contribution in [2.24, 2.45) is 0 Å². The molecule has 31 heavy (non-hydrogen) atoms. The summed E-state index contributed by atoms with van der Waals surface area (Å²) in [6, 6.07) is 14.7. The van der Waals surface area contributed by atoms with Crippen LogP contribution in [0.1, 0.15) is 11.1 Å². The third-order valence-electron chi connectivity index (χ3n) is 5.47. The third-order valence-corrected chi connectivity index (χ3v) is 7.39. The summed E-state index contributed by atoms with van der Waals surface area (Å²) in [7, 11) is -3.53. The Hall–Kier alpha value is -3.17. The van der Waals surface area contributed by atoms with E-state index in [-0.39, 0.29) is 0 Å². The molecule has 3 aromatic rings. The second-order valence-electron chi connectivity index (χ2n) is 7.74. The molecule has 1 aliphatic rings. The van der Waals surface area contributed by atoms with Gasteiger partial charge in [0.25, 0.3) is 0 Å². The first-order chi connectivity index (χ1) is 14.8. The number of piperazine rings is 1. The normalized spacial score (nSPS) is 15.2. The van der Waals surface area contributed by atoms with Crippen molar-refractivity contribution in [2.75, 3.05) is 42.5 Å². The number of anilines is 3. The quantitative estimate of drug-likeness (QED) is 0.642. The van der Waals surface area contributed by atoms with Gasteiger partial charge in [0.2, 0.25) is 16.0 Å². The zero-order valence-electron chi connectivity index (χ0n) is 17.6. The van der Waals surface area contributed by atoms with Gasteiger partial charge >= 0.3 is 0 Å². The highest BCUT2D eigenvalue weighted by Gasteiger charge is 2.29. The van der Waals surface area contributed by atoms with Crippen LogP contribution in [-0.2, 0) is 10.0 Å². The summed E-state index contributed by atoms with van der Waals surface area (Å²) in [5, 5.41) is 0. The van der Waals surface area contributed by atoms with E-state index in [1.54, 1.807) is 24.3 Å². The number of aryl methyl sites for hydroxylation is 2. The molecule has 8 nitrogen and oxygen atoms in total. The molecule has 1 aromatic heterocycles. The minimum atomic E-state index is -3.53. The molecule has 162 valence electrons. The topological polar surface area (TPSA) is 118 Å². The molecule has 0 unspecified atom stereocenters. The minimum absolute atomic E-state index is 0.304. The standard InChI is InChI=1S/C22H26N6O2S/c1-15-3-7-17(8-4-15)19-20(23)25-22(26-21(19)24)27-11-13-28(14-12-27)31(29,30)18-9-5-16(2)6-10-18/h3-10H,11-14H2,1-2H3,(H4,23,24,25,26). The van der Waals surface area contributed by atoms with E-state index in [0.717, 1.165) is 16.7 Å². The van der Waals surface area contributed by atoms with Gasteiger partial charge in [0.1, 0.15) is 11.6 Å². The predicted octanol–water partition coefficient (Wildman–Crippen LogP) is 2.44. The largest absolute Gasteiger partial charge is 0.383 e. The highest BCUT2D eigenvalue weighted by molar-refractivity contribution is 7.89. The van der Waals surface area contributed by atoms with Gasteiger partial charge in [0.05, 0.1) is 10.5 Å². The van der Waals surface area contributed by atoms with Crippen LogP contribution in [0.4, 0.5) is 17.6 Å². The first-order valence-electron chi connectivity index (χ1n) is 10.1. The van der Waals surface area contributed by atoms with Crippen molar-refractivity contribution in [1.82, 2.24) is 14.3 Å². The molecule has 1 saturated heterocycles. The molecule has 2 aromatic carbocycles. The molecule has 0 atom stereocenters. The van der Waals surface area contributed by atoms with Gasteiger partial charge in [-0.15, -0.1) is 0 Å². The molecule has 0 spiro atoms. The number of hydrogen-bond donors (Lipinski definition) is 2. The molecule has 2 heterocycles. The maximum Gasteiger partial charge on any atom is 0.243 e. The Kier molecular flexibility index (Phi) is 5.55. The first-order valence-corrected chi connectivity index (χ1v) is 11.5. The number of nitrogen functional groups attached to an aromatic ring is 2. The molecular formula is C22H26N6O2S. The van der Waals surface area contributed by atoms with E-state index in [0.29, 0.717) is 54.2 Å². The van der Waals surface area contributed by atoms with Gasteiger partial charge < -0.3 is 16.4 Å². The van der Waals surface area contributed by atoms with Crippen molar-refractivity contribution in [3.8, 4) is 11.1 Å². The molecule has 0 bridgehead atoms. The second kappa shape index (κ2) is 8.16. The molecule has 9 heteroatoms. The molecule has 0 radical (unpaired) electrons. The van der Waals surface area contributed by atoms with E-state index in [9.17, 15) is 8.42 Å². The van der Waals surface area contributed by atoms with Crippen LogP contribution >= 0.6 is 0 Å². The van der Waals surface area contributed by atoms with Gasteiger partial charge in [-0.05, 0) is 31.5 Å². The SMILES string of the molecule is Cc1ccc(-c2c(N)nc(N3CCN(S(=O)(=O)c4ccc(C)cc4)CC3)nc2N)cc1. The Morgan fingerprint density at radius 2 is 1.26 bits per heavy atom. The molecular weight excluding hydrogens is 412 g/mol. The lowest BCUT2D eigenvalue weighted by Gasteiger charge is -2.34. The number of nitrogens with two attached hydrogens (primary N) is 2. The lowest BCUT2D eigenvalue weighted by Crippen LogP contribution is -2.49. The maximum absolute atomic E-state index is 12.9. The van der Waals surface area contributed by atoms with Gasteiger partial charge in [-0.3, -0.25) is 0 Å². The Bertz CT molecular complexity index is 1160. The van der Waals surface area contributed by atoms with Crippen LogP contribution < -0.4 is 16.4 Å². The monoisotopic (exact) mass is 438 g/mol. The minimum Gasteiger partial charge on any atom is -0.383 e. The van der Waals surface area contributed by atoms with Gasteiger partial charge in [-0.2, -0.15) is 14.3 Å². The van der Waals surface area contributed by atoms with Gasteiger partial charge in [-0.25, -0.2) is 8.42 Å². The van der Waals surface area contributed by atoms with E-state index < -0.39 is 10.0 Å². The predicted molar refractivity (Wildman–Crippen MR) is 123 cm³/mol. The number of nitrogens with zero attached hydrogens (tertiary/aromatic N) is 4. The number of rotatable bonds is 4. The number of sulfonamides is 1. The maximum atomic E-state index is 12.9. The zero-order chi connectivity index (χ0) is 22.2. The summed E-state index contributed by atoms with van der Waals surface area (Å²) in [6.45, 7) is 5.51. The van der Waals surface area contributed by atoms with E-state index in [2.05, 4.69) is 9.97 Å². The lowest BCUT2D eigenvalue weighted by atomic mass is 10.1. The first kappa shape index (κ1) is 21.1. The molecule has 0 aliphatic carbocycles. The number of benzene rings is 2. The molecule has 4 rings (SSSR count). The van der Waals surface area contributed by atoms with Crippen molar-refractivity contribution in [3.63, 3.8) is 0 Å². The third kappa shape index (κ3) is 4.19. The molecule has 0 saturated carbocycles. The zero-order valence-corrected chi connectivity index (χ0v) is 18.4. The second-order valence-corrected chi connectivity index (χ2v) is 9.68. The Morgan fingerprint density at radius 3 is 1.77 bits per heavy atom. The van der Waals surface area contributed by atoms with Crippen LogP contribution in [0.15, 0.2) is 53.4 Å². The molecule has 1 fully saturated rings. The van der Waals surface area contributed by atoms with Crippen molar-refractivity contribution in [2.45, 2.75) is 18.7 Å². The van der Waals surface area contributed by atoms with Crippen molar-refractivity contribution in [1.29, 1.82) is 0 Å². The highest BCUT2D eigenvalue weighted by Crippen LogP contribution is 2.31. The van der Waals surface area contributed by atoms with Crippen LogP contribution in [0.2, 0.25) is 0 Å². The summed E-state index contributed by atoms with van der Waals surface area (Å²) in [5.41, 5.74) is 16.1. The number of aromatic nitrogens is 2. The smallest absolute Gasteiger partial charge is 0.243 e. The average molecular weight is 439 g/mol. The summed E-state index contributed by atoms with van der Waals surface area (Å²) in [4.78, 5) is 11.1. The van der Waals surface area contributed by atoms with Gasteiger partial charge in [0.15, 0.2) is 0 Å². The summed E-state index contributed by atoms with van der Waals surface area (Å²) < 4.78 is 27.3. The summed E-state index contributed by atoms with van der Waals surface area (Å²) >= 11 is 0. The van der Waals surface area contributed by atoms with E-state index >= 15 is 0 Å². The van der Waals surface area contributed by atoms with Crippen LogP contribution in [0, 0.1) is 13.8 Å². The fourth-order valence-corrected chi connectivity index (χ4v) is 5.05. The van der Waals surface area contributed by atoms with Crippen LogP contribution in [0.5, 0.6) is 0 Å². The Labute approximate surface area is 182 Å². The fraction of sp³-hybridized carbons (Fsp3) is 0.273. The van der Waals surface area contributed by atoms with Gasteiger partial charge in [-0.1, -0.05) is 47.5 Å². The number of hydrogen-bond acceptors (Lipinski definition) is 7. The van der Waals surface area contributed by atoms with Crippen molar-refractivity contribution >= 4 is 27.6 Å². The summed E-state index contributed by atoms with van der Waals surface area (Å²) in [6.07, 6.45) is 0. The summed E-state index contributed by atoms with van der Waals surface area (Å²) in [5.74, 6) is 1.03. The molecule has 1 aliphatic heterocycles. The average Bonchev–Trinajstić information content (AvgIpc) is 2.75. The molecule has 0 amide bonds. The van der Waals surface area contributed by atoms with Crippen molar-refractivity contribution in [3.05, 3.63) is 59.7 Å². The van der Waals surface area contributed by atoms with Crippen LogP contribution in [-0.4, -0.2) is 48.9 Å². The van der Waals surface area contributed by atoms with E-state index in [4.69, 9.17) is 11.5 Å². The van der Waals surface area contributed by atoms with Crippen LogP contribution in [0.3, 0.4) is 0 Å². The lowest BCUT2D eigenvalue weighted by molar-refractivity contribution is 0.382. The Morgan fingerprint density at radius 1 is 0.774 bits per heavy atom.